The number of ether oxygens (including phenoxy) is 3. The van der Waals surface area contributed by atoms with Gasteiger partial charge in [0, 0.05) is 19.3 Å². The first-order valence-corrected chi connectivity index (χ1v) is 30.8. The second-order valence-electron chi connectivity index (χ2n) is 19.8. The summed E-state index contributed by atoms with van der Waals surface area (Å²) in [6, 6.07) is 0. The van der Waals surface area contributed by atoms with E-state index in [1.165, 1.54) is 89.9 Å². The van der Waals surface area contributed by atoms with Gasteiger partial charge in [0.25, 0.3) is 0 Å². The van der Waals surface area contributed by atoms with Crippen LogP contribution in [0.4, 0.5) is 0 Å². The molecule has 428 valence electrons. The van der Waals surface area contributed by atoms with Gasteiger partial charge in [-0.2, -0.15) is 0 Å². The molecule has 0 saturated carbocycles. The summed E-state index contributed by atoms with van der Waals surface area (Å²) >= 11 is 0. The summed E-state index contributed by atoms with van der Waals surface area (Å²) in [6.45, 7) is 6.31. The van der Waals surface area contributed by atoms with Crippen LogP contribution in [0.1, 0.15) is 258 Å². The minimum absolute atomic E-state index is 0.113. The van der Waals surface area contributed by atoms with E-state index in [1.54, 1.807) is 0 Å². The van der Waals surface area contributed by atoms with Crippen LogP contribution in [0.25, 0.3) is 0 Å². The molecule has 6 heteroatoms. The standard InChI is InChI=1S/C70H112O6/c1-4-7-10-13-16-19-22-25-27-29-31-32-33-34-35-36-37-38-39-41-42-45-48-51-54-57-60-63-69(72)75-66-67(65-74-68(71)62-59-56-53-50-47-44-24-21-18-15-12-9-6-3)76-70(73)64-61-58-55-52-49-46-43-40-30-28-26-23-20-17-14-11-8-5-2/h7,9-10,12,16,18-21,23,25,27-28,30-32,34-35,37-38,44,47,53,56,67H,4-6,8,11,13-15,17,22,24,26,29,33,36,39-43,45-46,48-52,54-55,57-66H2,1-3H3/b10-7-,12-9-,19-16-,21-18-,23-20-,27-25-,30-28-,32-31-,35-34-,38-37-,47-44-,56-53-. The molecule has 0 heterocycles. The Morgan fingerprint density at radius 2 is 0.539 bits per heavy atom. The normalized spacial score (nSPS) is 13.1. The number of allylic oxidation sites excluding steroid dienone is 24. The van der Waals surface area contributed by atoms with Crippen molar-refractivity contribution in [2.24, 2.45) is 0 Å². The molecule has 0 bridgehead atoms. The van der Waals surface area contributed by atoms with Crippen molar-refractivity contribution in [3.05, 3.63) is 146 Å². The minimum Gasteiger partial charge on any atom is -0.462 e. The fourth-order valence-corrected chi connectivity index (χ4v) is 8.02. The number of rotatable bonds is 54. The Morgan fingerprint density at radius 3 is 0.882 bits per heavy atom. The third-order valence-corrected chi connectivity index (χ3v) is 12.6. The van der Waals surface area contributed by atoms with Gasteiger partial charge in [-0.25, -0.2) is 0 Å². The maximum absolute atomic E-state index is 12.9. The first-order valence-electron chi connectivity index (χ1n) is 30.8. The van der Waals surface area contributed by atoms with Crippen LogP contribution in [-0.2, 0) is 28.6 Å². The highest BCUT2D eigenvalue weighted by Crippen LogP contribution is 2.14. The maximum atomic E-state index is 12.9. The zero-order valence-corrected chi connectivity index (χ0v) is 49.0. The molecule has 1 atom stereocenters. The molecule has 1 unspecified atom stereocenters. The SMILES string of the molecule is CC/C=C\C/C=C\C/C=C\C/C=C\C/C=C\C/C=C\CCCCCCCCCCC(=O)OCC(COC(=O)CC/C=C\C/C=C\C/C=C\C/C=C\CC)OC(=O)CCCCCCCCC/C=C\C/C=C\CCCCCC. The lowest BCUT2D eigenvalue weighted by molar-refractivity contribution is -0.166. The van der Waals surface area contributed by atoms with E-state index in [0.29, 0.717) is 19.3 Å². The summed E-state index contributed by atoms with van der Waals surface area (Å²) in [4.78, 5) is 38.2. The van der Waals surface area contributed by atoms with Gasteiger partial charge in [-0.1, -0.05) is 256 Å². The molecule has 0 aromatic carbocycles. The van der Waals surface area contributed by atoms with Crippen molar-refractivity contribution in [1.82, 2.24) is 0 Å². The van der Waals surface area contributed by atoms with E-state index in [2.05, 4.69) is 154 Å². The molecule has 0 radical (unpaired) electrons. The van der Waals surface area contributed by atoms with Gasteiger partial charge in [0.2, 0.25) is 0 Å². The van der Waals surface area contributed by atoms with Gasteiger partial charge < -0.3 is 14.2 Å². The van der Waals surface area contributed by atoms with E-state index in [1.807, 2.05) is 12.2 Å². The molecule has 0 aromatic heterocycles. The van der Waals surface area contributed by atoms with Crippen molar-refractivity contribution < 1.29 is 28.6 Å². The molecule has 76 heavy (non-hydrogen) atoms. The van der Waals surface area contributed by atoms with Crippen molar-refractivity contribution in [2.45, 2.75) is 264 Å². The van der Waals surface area contributed by atoms with Crippen LogP contribution in [0, 0.1) is 0 Å². The summed E-state index contributed by atoms with van der Waals surface area (Å²) in [6.07, 6.45) is 90.0. The molecule has 0 aliphatic carbocycles. The second-order valence-corrected chi connectivity index (χ2v) is 19.8. The molecular weight excluding hydrogens is 937 g/mol. The third kappa shape index (κ3) is 60.2. The molecule has 0 amide bonds. The van der Waals surface area contributed by atoms with Crippen LogP contribution in [0.5, 0.6) is 0 Å². The number of hydrogen-bond donors (Lipinski definition) is 0. The smallest absolute Gasteiger partial charge is 0.306 e. The molecule has 0 rings (SSSR count). The fraction of sp³-hybridized carbons (Fsp3) is 0.614. The fourth-order valence-electron chi connectivity index (χ4n) is 8.02. The number of carbonyl (C=O) groups is 3. The monoisotopic (exact) mass is 1050 g/mol. The Hall–Kier alpha value is -4.71. The number of carbonyl (C=O) groups excluding carboxylic acids is 3. The minimum atomic E-state index is -0.821. The first kappa shape index (κ1) is 71.3. The van der Waals surface area contributed by atoms with Crippen LogP contribution in [0.2, 0.25) is 0 Å². The Balaban J connectivity index is 4.41. The lowest BCUT2D eigenvalue weighted by atomic mass is 10.1. The van der Waals surface area contributed by atoms with E-state index >= 15 is 0 Å². The van der Waals surface area contributed by atoms with Crippen molar-refractivity contribution in [3.8, 4) is 0 Å². The largest absolute Gasteiger partial charge is 0.462 e. The van der Waals surface area contributed by atoms with Crippen LogP contribution < -0.4 is 0 Å². The molecule has 0 aliphatic heterocycles. The second kappa shape index (κ2) is 62.8. The number of hydrogen-bond acceptors (Lipinski definition) is 6. The predicted octanol–water partition coefficient (Wildman–Crippen LogP) is 21.2. The lowest BCUT2D eigenvalue weighted by Crippen LogP contribution is -2.30. The molecule has 0 fully saturated rings. The summed E-state index contributed by atoms with van der Waals surface area (Å²) in [7, 11) is 0. The highest BCUT2D eigenvalue weighted by Gasteiger charge is 2.19. The Morgan fingerprint density at radius 1 is 0.276 bits per heavy atom. The lowest BCUT2D eigenvalue weighted by Gasteiger charge is -2.18. The van der Waals surface area contributed by atoms with Gasteiger partial charge in [-0.3, -0.25) is 14.4 Å². The van der Waals surface area contributed by atoms with E-state index in [-0.39, 0.29) is 37.5 Å². The van der Waals surface area contributed by atoms with E-state index in [0.717, 1.165) is 122 Å². The van der Waals surface area contributed by atoms with Gasteiger partial charge in [-0.05, 0) is 128 Å². The predicted molar refractivity (Wildman–Crippen MR) is 329 cm³/mol. The maximum Gasteiger partial charge on any atom is 0.306 e. The summed E-state index contributed by atoms with van der Waals surface area (Å²) in [5.41, 5.74) is 0. The van der Waals surface area contributed by atoms with Gasteiger partial charge in [0.05, 0.1) is 0 Å². The van der Waals surface area contributed by atoms with Crippen molar-refractivity contribution in [2.75, 3.05) is 13.2 Å². The van der Waals surface area contributed by atoms with E-state index in [4.69, 9.17) is 14.2 Å². The van der Waals surface area contributed by atoms with Crippen molar-refractivity contribution in [3.63, 3.8) is 0 Å². The Labute approximate surface area is 467 Å². The summed E-state index contributed by atoms with van der Waals surface area (Å²) in [5, 5.41) is 0. The van der Waals surface area contributed by atoms with Gasteiger partial charge in [-0.15, -0.1) is 0 Å². The zero-order valence-electron chi connectivity index (χ0n) is 49.0. The van der Waals surface area contributed by atoms with Crippen LogP contribution in [0.15, 0.2) is 146 Å². The third-order valence-electron chi connectivity index (χ3n) is 12.6. The number of esters is 3. The Bertz CT molecular complexity index is 1680. The average Bonchev–Trinajstić information content (AvgIpc) is 3.42. The van der Waals surface area contributed by atoms with Crippen molar-refractivity contribution in [1.29, 1.82) is 0 Å². The van der Waals surface area contributed by atoms with Crippen LogP contribution >= 0.6 is 0 Å². The van der Waals surface area contributed by atoms with Crippen molar-refractivity contribution >= 4 is 17.9 Å². The summed E-state index contributed by atoms with van der Waals surface area (Å²) < 4.78 is 16.8. The first-order chi connectivity index (χ1) is 37.5. The Kier molecular flexibility index (Phi) is 58.9. The van der Waals surface area contributed by atoms with E-state index < -0.39 is 6.10 Å². The molecule has 0 aromatic rings. The van der Waals surface area contributed by atoms with Crippen LogP contribution in [-0.4, -0.2) is 37.2 Å². The quantitative estimate of drug-likeness (QED) is 0.0261. The molecule has 0 N–H and O–H groups in total. The average molecular weight is 1050 g/mol. The highest BCUT2D eigenvalue weighted by atomic mass is 16.6. The van der Waals surface area contributed by atoms with Gasteiger partial charge in [0.1, 0.15) is 13.2 Å². The zero-order chi connectivity index (χ0) is 55.0. The van der Waals surface area contributed by atoms with E-state index in [9.17, 15) is 14.4 Å². The van der Waals surface area contributed by atoms with Gasteiger partial charge >= 0.3 is 17.9 Å². The molecule has 0 spiro atoms. The molecule has 0 aliphatic rings. The number of unbranched alkanes of at least 4 members (excludes halogenated alkanes) is 19. The molecular formula is C70H112O6. The van der Waals surface area contributed by atoms with Crippen LogP contribution in [0.3, 0.4) is 0 Å². The molecule has 6 nitrogen and oxygen atoms in total. The molecule has 0 saturated heterocycles. The van der Waals surface area contributed by atoms with Gasteiger partial charge in [0.15, 0.2) is 6.10 Å². The summed E-state index contributed by atoms with van der Waals surface area (Å²) in [5.74, 6) is -1.02. The highest BCUT2D eigenvalue weighted by molar-refractivity contribution is 5.71. The topological polar surface area (TPSA) is 78.9 Å².